The minimum Gasteiger partial charge on any atom is -0.389 e. The Balaban J connectivity index is 2.00. The van der Waals surface area contributed by atoms with Gasteiger partial charge in [-0.1, -0.05) is 24.4 Å². The molecule has 20 heavy (non-hydrogen) atoms. The van der Waals surface area contributed by atoms with E-state index in [1.54, 1.807) is 17.4 Å². The van der Waals surface area contributed by atoms with Crippen LogP contribution in [0.15, 0.2) is 35.7 Å². The average molecular weight is 308 g/mol. The maximum absolute atomic E-state index is 13.3. The summed E-state index contributed by atoms with van der Waals surface area (Å²) in [7, 11) is 2.04. The Hall–Kier alpha value is -1.30. The molecule has 0 aliphatic carbocycles. The van der Waals surface area contributed by atoms with E-state index < -0.39 is 0 Å². The van der Waals surface area contributed by atoms with Crippen LogP contribution < -0.4 is 5.73 Å². The van der Waals surface area contributed by atoms with E-state index in [4.69, 9.17) is 18.0 Å². The number of halogens is 1. The molecule has 1 aromatic heterocycles. The average Bonchev–Trinajstić information content (AvgIpc) is 2.91. The van der Waals surface area contributed by atoms with Gasteiger partial charge in [0.15, 0.2) is 0 Å². The normalized spacial score (nSPS) is 10.9. The van der Waals surface area contributed by atoms with Crippen molar-refractivity contribution >= 4 is 28.5 Å². The van der Waals surface area contributed by atoms with Gasteiger partial charge in [0, 0.05) is 23.5 Å². The first-order chi connectivity index (χ1) is 9.56. The molecule has 5 heteroatoms. The van der Waals surface area contributed by atoms with Gasteiger partial charge in [0.1, 0.15) is 10.8 Å². The molecule has 2 N–H and O–H groups in total. The molecule has 1 aromatic carbocycles. The highest BCUT2D eigenvalue weighted by Gasteiger charge is 2.09. The molecule has 0 saturated heterocycles. The molecule has 0 bridgehead atoms. The molecular formula is C15H17FN2S2. The highest BCUT2D eigenvalue weighted by Crippen LogP contribution is 2.15. The van der Waals surface area contributed by atoms with Crippen LogP contribution in [-0.2, 0) is 13.0 Å². The van der Waals surface area contributed by atoms with Crippen LogP contribution in [0.5, 0.6) is 0 Å². The van der Waals surface area contributed by atoms with Crippen LogP contribution in [0.1, 0.15) is 16.0 Å². The summed E-state index contributed by atoms with van der Waals surface area (Å²) in [5.41, 5.74) is 7.25. The fourth-order valence-electron chi connectivity index (χ4n) is 2.04. The van der Waals surface area contributed by atoms with Crippen molar-refractivity contribution in [3.63, 3.8) is 0 Å². The maximum atomic E-state index is 13.3. The quantitative estimate of drug-likeness (QED) is 0.831. The lowest BCUT2D eigenvalue weighted by molar-refractivity contribution is 0.331. The van der Waals surface area contributed by atoms with Crippen molar-refractivity contribution in [2.45, 2.75) is 13.0 Å². The molecule has 0 aliphatic heterocycles. The minimum atomic E-state index is -0.308. The van der Waals surface area contributed by atoms with Gasteiger partial charge < -0.3 is 10.6 Å². The molecule has 2 nitrogen and oxygen atoms in total. The summed E-state index contributed by atoms with van der Waals surface area (Å²) < 4.78 is 13.3. The molecule has 0 fully saturated rings. The van der Waals surface area contributed by atoms with Gasteiger partial charge in [0.2, 0.25) is 0 Å². The van der Waals surface area contributed by atoms with E-state index in [-0.39, 0.29) is 10.8 Å². The summed E-state index contributed by atoms with van der Waals surface area (Å²) in [4.78, 5) is 3.80. The van der Waals surface area contributed by atoms with Gasteiger partial charge in [-0.3, -0.25) is 0 Å². The van der Waals surface area contributed by atoms with Crippen molar-refractivity contribution in [1.82, 2.24) is 4.90 Å². The van der Waals surface area contributed by atoms with Gasteiger partial charge >= 0.3 is 0 Å². The zero-order valence-electron chi connectivity index (χ0n) is 11.3. The van der Waals surface area contributed by atoms with Crippen LogP contribution in [-0.4, -0.2) is 23.5 Å². The van der Waals surface area contributed by atoms with Crippen molar-refractivity contribution in [2.75, 3.05) is 13.6 Å². The molecule has 1 heterocycles. The fourth-order valence-corrected chi connectivity index (χ4v) is 2.93. The molecule has 0 atom stereocenters. The highest BCUT2D eigenvalue weighted by atomic mass is 32.1. The minimum absolute atomic E-state index is 0.242. The van der Waals surface area contributed by atoms with Gasteiger partial charge in [-0.25, -0.2) is 4.39 Å². The van der Waals surface area contributed by atoms with E-state index in [0.717, 1.165) is 18.5 Å². The van der Waals surface area contributed by atoms with E-state index in [2.05, 4.69) is 22.4 Å². The molecule has 0 spiro atoms. The van der Waals surface area contributed by atoms with E-state index >= 15 is 0 Å². The highest BCUT2D eigenvalue weighted by molar-refractivity contribution is 7.80. The van der Waals surface area contributed by atoms with Gasteiger partial charge in [-0.15, -0.1) is 11.3 Å². The van der Waals surface area contributed by atoms with Gasteiger partial charge in [-0.2, -0.15) is 0 Å². The van der Waals surface area contributed by atoms with E-state index in [1.807, 2.05) is 7.05 Å². The summed E-state index contributed by atoms with van der Waals surface area (Å²) >= 11 is 6.75. The molecule has 0 saturated carbocycles. The van der Waals surface area contributed by atoms with Crippen LogP contribution >= 0.6 is 23.6 Å². The number of hydrogen-bond donors (Lipinski definition) is 1. The second-order valence-electron chi connectivity index (χ2n) is 4.73. The van der Waals surface area contributed by atoms with Crippen molar-refractivity contribution in [2.24, 2.45) is 5.73 Å². The first-order valence-corrected chi connectivity index (χ1v) is 7.64. The molecule has 0 radical (unpaired) electrons. The summed E-state index contributed by atoms with van der Waals surface area (Å²) in [5.74, 6) is -0.308. The van der Waals surface area contributed by atoms with Crippen molar-refractivity contribution in [3.05, 3.63) is 57.5 Å². The predicted octanol–water partition coefficient (Wildman–Crippen LogP) is 3.20. The summed E-state index contributed by atoms with van der Waals surface area (Å²) in [6.45, 7) is 1.65. The van der Waals surface area contributed by atoms with Gasteiger partial charge in [0.05, 0.1) is 0 Å². The van der Waals surface area contributed by atoms with E-state index in [0.29, 0.717) is 12.1 Å². The monoisotopic (exact) mass is 308 g/mol. The Morgan fingerprint density at radius 2 is 2.20 bits per heavy atom. The zero-order chi connectivity index (χ0) is 14.5. The largest absolute Gasteiger partial charge is 0.389 e. The van der Waals surface area contributed by atoms with E-state index in [1.165, 1.54) is 17.0 Å². The van der Waals surface area contributed by atoms with Crippen molar-refractivity contribution < 1.29 is 4.39 Å². The third kappa shape index (κ3) is 4.10. The molecule has 0 aliphatic rings. The first kappa shape index (κ1) is 15.1. The molecular weight excluding hydrogens is 291 g/mol. The Kier molecular flexibility index (Phi) is 5.23. The summed E-state index contributed by atoms with van der Waals surface area (Å²) in [5, 5.41) is 2.08. The molecule has 106 valence electrons. The number of thiocarbonyl (C=S) groups is 1. The number of benzene rings is 1. The number of nitrogens with zero attached hydrogens (tertiary/aromatic N) is 1. The number of nitrogens with two attached hydrogens (primary N) is 1. The SMILES string of the molecule is CN(CCc1cccs1)Cc1ccc(F)cc1C(N)=S. The topological polar surface area (TPSA) is 29.3 Å². The van der Waals surface area contributed by atoms with Crippen LogP contribution in [0.3, 0.4) is 0 Å². The fraction of sp³-hybridized carbons (Fsp3) is 0.267. The molecule has 0 amide bonds. The lowest BCUT2D eigenvalue weighted by Crippen LogP contribution is -2.23. The third-order valence-electron chi connectivity index (χ3n) is 3.10. The Morgan fingerprint density at radius 1 is 1.40 bits per heavy atom. The first-order valence-electron chi connectivity index (χ1n) is 6.35. The second-order valence-corrected chi connectivity index (χ2v) is 6.20. The molecule has 2 rings (SSSR count). The molecule has 0 unspecified atom stereocenters. The zero-order valence-corrected chi connectivity index (χ0v) is 12.9. The lowest BCUT2D eigenvalue weighted by Gasteiger charge is -2.18. The van der Waals surface area contributed by atoms with Crippen molar-refractivity contribution in [3.8, 4) is 0 Å². The Bertz CT molecular complexity index is 582. The van der Waals surface area contributed by atoms with Gasteiger partial charge in [-0.05, 0) is 42.6 Å². The van der Waals surface area contributed by atoms with Gasteiger partial charge in [0.25, 0.3) is 0 Å². The van der Waals surface area contributed by atoms with Crippen LogP contribution in [0.25, 0.3) is 0 Å². The van der Waals surface area contributed by atoms with E-state index in [9.17, 15) is 4.39 Å². The summed E-state index contributed by atoms with van der Waals surface area (Å²) in [6.07, 6.45) is 1.01. The number of hydrogen-bond acceptors (Lipinski definition) is 3. The smallest absolute Gasteiger partial charge is 0.123 e. The van der Waals surface area contributed by atoms with Crippen LogP contribution in [0.2, 0.25) is 0 Å². The second kappa shape index (κ2) is 6.92. The lowest BCUT2D eigenvalue weighted by atomic mass is 10.1. The summed E-state index contributed by atoms with van der Waals surface area (Å²) in [6, 6.07) is 8.81. The Labute approximate surface area is 128 Å². The van der Waals surface area contributed by atoms with Crippen LogP contribution in [0, 0.1) is 5.82 Å². The number of rotatable bonds is 6. The number of likely N-dealkylation sites (N-methyl/N-ethyl adjacent to an activating group) is 1. The Morgan fingerprint density at radius 3 is 2.85 bits per heavy atom. The third-order valence-corrected chi connectivity index (χ3v) is 4.25. The maximum Gasteiger partial charge on any atom is 0.123 e. The molecule has 2 aromatic rings. The van der Waals surface area contributed by atoms with Crippen LogP contribution in [0.4, 0.5) is 4.39 Å². The van der Waals surface area contributed by atoms with Crippen molar-refractivity contribution in [1.29, 1.82) is 0 Å². The predicted molar refractivity (Wildman–Crippen MR) is 86.6 cm³/mol. The standard InChI is InChI=1S/C15H17FN2S2/c1-18(7-6-13-3-2-8-20-13)10-11-4-5-12(16)9-14(11)15(17)19/h2-5,8-9H,6-7,10H2,1H3,(H2,17,19). The number of thiophene rings is 1.